The number of nitrogens with zero attached hydrogens (tertiary/aromatic N) is 3. The van der Waals surface area contributed by atoms with Gasteiger partial charge in [-0.1, -0.05) is 12.1 Å². The Bertz CT molecular complexity index is 594. The Balaban J connectivity index is 1.68. The minimum Gasteiger partial charge on any atom is -0.361 e. The van der Waals surface area contributed by atoms with Gasteiger partial charge in [0.05, 0.1) is 5.01 Å². The standard InChI is InChI=1S/C15H19N3O2S/c1-2-4-12-9-13(17-20-12)15(19)18-7-3-5-11(10-18)14-16-6-8-21-14/h6,8-9,11H,2-5,7,10H2,1H3. The Kier molecular flexibility index (Phi) is 4.34. The molecule has 3 heterocycles. The molecule has 0 aliphatic carbocycles. The van der Waals surface area contributed by atoms with Gasteiger partial charge in [-0.2, -0.15) is 0 Å². The summed E-state index contributed by atoms with van der Waals surface area (Å²) < 4.78 is 5.21. The first kappa shape index (κ1) is 14.3. The van der Waals surface area contributed by atoms with E-state index in [-0.39, 0.29) is 5.91 Å². The van der Waals surface area contributed by atoms with Crippen LogP contribution >= 0.6 is 11.3 Å². The molecule has 6 heteroatoms. The van der Waals surface area contributed by atoms with Crippen LogP contribution in [0, 0.1) is 0 Å². The van der Waals surface area contributed by atoms with Crippen LogP contribution in [-0.4, -0.2) is 34.0 Å². The molecular weight excluding hydrogens is 286 g/mol. The molecule has 2 aromatic rings. The van der Waals surface area contributed by atoms with Gasteiger partial charge in [0.25, 0.3) is 5.91 Å². The SMILES string of the molecule is CCCc1cc(C(=O)N2CCCC(c3nccs3)C2)no1. The van der Waals surface area contributed by atoms with Crippen molar-refractivity contribution in [2.75, 3.05) is 13.1 Å². The van der Waals surface area contributed by atoms with E-state index in [1.165, 1.54) is 0 Å². The summed E-state index contributed by atoms with van der Waals surface area (Å²) in [7, 11) is 0. The predicted molar refractivity (Wildman–Crippen MR) is 80.5 cm³/mol. The number of aromatic nitrogens is 2. The molecule has 0 radical (unpaired) electrons. The number of aryl methyl sites for hydroxylation is 1. The summed E-state index contributed by atoms with van der Waals surface area (Å²) in [5.41, 5.74) is 0.429. The highest BCUT2D eigenvalue weighted by atomic mass is 32.1. The van der Waals surface area contributed by atoms with Gasteiger partial charge in [0.1, 0.15) is 5.76 Å². The fourth-order valence-corrected chi connectivity index (χ4v) is 3.51. The lowest BCUT2D eigenvalue weighted by Gasteiger charge is -2.31. The molecule has 1 saturated heterocycles. The van der Waals surface area contributed by atoms with Gasteiger partial charge in [0.2, 0.25) is 0 Å². The van der Waals surface area contributed by atoms with Crippen LogP contribution < -0.4 is 0 Å². The summed E-state index contributed by atoms with van der Waals surface area (Å²) in [6.07, 6.45) is 5.74. The number of amides is 1. The second kappa shape index (κ2) is 6.39. The van der Waals surface area contributed by atoms with Crippen LogP contribution in [0.1, 0.15) is 53.4 Å². The Hall–Kier alpha value is -1.69. The Morgan fingerprint density at radius 1 is 1.57 bits per heavy atom. The zero-order valence-corrected chi connectivity index (χ0v) is 12.9. The van der Waals surface area contributed by atoms with Crippen LogP contribution in [0.15, 0.2) is 22.2 Å². The summed E-state index contributed by atoms with van der Waals surface area (Å²) in [5, 5.41) is 7.03. The van der Waals surface area contributed by atoms with Crippen molar-refractivity contribution in [3.05, 3.63) is 34.1 Å². The largest absolute Gasteiger partial charge is 0.361 e. The lowest BCUT2D eigenvalue weighted by Crippen LogP contribution is -2.39. The molecular formula is C15H19N3O2S. The summed E-state index contributed by atoms with van der Waals surface area (Å²) in [6.45, 7) is 3.59. The average molecular weight is 305 g/mol. The van der Waals surface area contributed by atoms with Gasteiger partial charge >= 0.3 is 0 Å². The van der Waals surface area contributed by atoms with Crippen molar-refractivity contribution in [2.24, 2.45) is 0 Å². The predicted octanol–water partition coefficient (Wildman–Crippen LogP) is 3.10. The van der Waals surface area contributed by atoms with Gasteiger partial charge in [0.15, 0.2) is 5.69 Å². The van der Waals surface area contributed by atoms with E-state index in [9.17, 15) is 4.79 Å². The first-order valence-corrected chi connectivity index (χ1v) is 8.30. The molecule has 1 aliphatic heterocycles. The summed E-state index contributed by atoms with van der Waals surface area (Å²) in [4.78, 5) is 18.8. The average Bonchev–Trinajstić information content (AvgIpc) is 3.18. The van der Waals surface area contributed by atoms with Crippen LogP contribution in [0.5, 0.6) is 0 Å². The molecule has 5 nitrogen and oxygen atoms in total. The molecule has 1 atom stereocenters. The first-order valence-electron chi connectivity index (χ1n) is 7.42. The molecule has 3 rings (SSSR count). The normalized spacial score (nSPS) is 18.9. The van der Waals surface area contributed by atoms with Crippen molar-refractivity contribution in [2.45, 2.75) is 38.5 Å². The minimum absolute atomic E-state index is 0.0256. The maximum absolute atomic E-state index is 12.5. The highest BCUT2D eigenvalue weighted by Crippen LogP contribution is 2.28. The van der Waals surface area contributed by atoms with Gasteiger partial charge in [-0.15, -0.1) is 11.3 Å². The highest BCUT2D eigenvalue weighted by Gasteiger charge is 2.28. The third kappa shape index (κ3) is 3.15. The fourth-order valence-electron chi connectivity index (χ4n) is 2.74. The van der Waals surface area contributed by atoms with E-state index < -0.39 is 0 Å². The monoisotopic (exact) mass is 305 g/mol. The number of carbonyl (C=O) groups is 1. The number of hydrogen-bond donors (Lipinski definition) is 0. The molecule has 0 aromatic carbocycles. The molecule has 112 valence electrons. The molecule has 1 fully saturated rings. The Morgan fingerprint density at radius 3 is 3.24 bits per heavy atom. The maximum Gasteiger partial charge on any atom is 0.276 e. The molecule has 1 amide bonds. The maximum atomic E-state index is 12.5. The summed E-state index contributed by atoms with van der Waals surface area (Å²) in [6, 6.07) is 1.78. The van der Waals surface area contributed by atoms with Crippen molar-refractivity contribution in [1.29, 1.82) is 0 Å². The van der Waals surface area contributed by atoms with E-state index in [0.717, 1.165) is 49.5 Å². The van der Waals surface area contributed by atoms with E-state index in [1.807, 2.05) is 16.5 Å². The Morgan fingerprint density at radius 2 is 2.48 bits per heavy atom. The second-order valence-corrected chi connectivity index (χ2v) is 6.32. The molecule has 2 aromatic heterocycles. The van der Waals surface area contributed by atoms with E-state index in [4.69, 9.17) is 4.52 Å². The Labute approximate surface area is 128 Å². The topological polar surface area (TPSA) is 59.2 Å². The van der Waals surface area contributed by atoms with E-state index >= 15 is 0 Å². The second-order valence-electron chi connectivity index (χ2n) is 5.39. The fraction of sp³-hybridized carbons (Fsp3) is 0.533. The van der Waals surface area contributed by atoms with Crippen molar-refractivity contribution in [3.63, 3.8) is 0 Å². The van der Waals surface area contributed by atoms with Crippen LogP contribution in [0.3, 0.4) is 0 Å². The smallest absolute Gasteiger partial charge is 0.276 e. The van der Waals surface area contributed by atoms with Gasteiger partial charge in [-0.05, 0) is 19.3 Å². The molecule has 0 saturated carbocycles. The van der Waals surface area contributed by atoms with Crippen molar-refractivity contribution < 1.29 is 9.32 Å². The van der Waals surface area contributed by atoms with Crippen LogP contribution in [0.25, 0.3) is 0 Å². The van der Waals surface area contributed by atoms with Gasteiger partial charge in [-0.3, -0.25) is 4.79 Å². The van der Waals surface area contributed by atoms with E-state index in [2.05, 4.69) is 17.1 Å². The molecule has 0 N–H and O–H groups in total. The molecule has 1 unspecified atom stereocenters. The van der Waals surface area contributed by atoms with Crippen molar-refractivity contribution >= 4 is 17.2 Å². The summed E-state index contributed by atoms with van der Waals surface area (Å²) >= 11 is 1.67. The minimum atomic E-state index is -0.0256. The number of carbonyl (C=O) groups excluding carboxylic acids is 1. The quantitative estimate of drug-likeness (QED) is 0.871. The number of likely N-dealkylation sites (tertiary alicyclic amines) is 1. The van der Waals surface area contributed by atoms with Gasteiger partial charge in [0, 0.05) is 43.1 Å². The lowest BCUT2D eigenvalue weighted by atomic mass is 9.98. The molecule has 1 aliphatic rings. The number of rotatable bonds is 4. The summed E-state index contributed by atoms with van der Waals surface area (Å²) in [5.74, 6) is 1.11. The highest BCUT2D eigenvalue weighted by molar-refractivity contribution is 7.09. The zero-order valence-electron chi connectivity index (χ0n) is 12.1. The first-order chi connectivity index (χ1) is 10.3. The number of piperidine rings is 1. The van der Waals surface area contributed by atoms with Crippen molar-refractivity contribution in [1.82, 2.24) is 15.0 Å². The van der Waals surface area contributed by atoms with Crippen LogP contribution in [0.4, 0.5) is 0 Å². The molecule has 0 bridgehead atoms. The van der Waals surface area contributed by atoms with E-state index in [0.29, 0.717) is 11.6 Å². The van der Waals surface area contributed by atoms with Crippen LogP contribution in [0.2, 0.25) is 0 Å². The third-order valence-corrected chi connectivity index (χ3v) is 4.72. The van der Waals surface area contributed by atoms with E-state index in [1.54, 1.807) is 17.4 Å². The zero-order chi connectivity index (χ0) is 14.7. The van der Waals surface area contributed by atoms with Crippen LogP contribution in [-0.2, 0) is 6.42 Å². The van der Waals surface area contributed by atoms with Gasteiger partial charge < -0.3 is 9.42 Å². The molecule has 0 spiro atoms. The van der Waals surface area contributed by atoms with Crippen molar-refractivity contribution in [3.8, 4) is 0 Å². The third-order valence-electron chi connectivity index (χ3n) is 3.78. The number of thiazole rings is 1. The van der Waals surface area contributed by atoms with Gasteiger partial charge in [-0.25, -0.2) is 4.98 Å². The molecule has 21 heavy (non-hydrogen) atoms. The number of hydrogen-bond acceptors (Lipinski definition) is 5. The lowest BCUT2D eigenvalue weighted by molar-refractivity contribution is 0.0696.